The minimum atomic E-state index is 0.371. The van der Waals surface area contributed by atoms with Gasteiger partial charge in [-0.3, -0.25) is 0 Å². The monoisotopic (exact) mass is 684 g/mol. The Balaban J connectivity index is 1.50. The van der Waals surface area contributed by atoms with Crippen molar-refractivity contribution in [3.63, 3.8) is 0 Å². The van der Waals surface area contributed by atoms with E-state index >= 15 is 0 Å². The predicted molar refractivity (Wildman–Crippen MR) is 205 cm³/mol. The summed E-state index contributed by atoms with van der Waals surface area (Å²) in [5.74, 6) is 1.92. The molecule has 258 valence electrons. The van der Waals surface area contributed by atoms with Gasteiger partial charge in [-0.05, 0) is 130 Å². The van der Waals surface area contributed by atoms with E-state index in [4.69, 9.17) is 62.8 Å². The van der Waals surface area contributed by atoms with Crippen molar-refractivity contribution < 1.29 is 0 Å². The Morgan fingerprint density at radius 1 is 0.365 bits per heavy atom. The van der Waals surface area contributed by atoms with E-state index in [2.05, 4.69) is 24.3 Å². The molecular formula is C40H36N12-2. The van der Waals surface area contributed by atoms with E-state index in [1.807, 2.05) is 52.0 Å². The van der Waals surface area contributed by atoms with Gasteiger partial charge in [0.25, 0.3) is 0 Å². The molecule has 9 rings (SSSR count). The highest BCUT2D eigenvalue weighted by molar-refractivity contribution is 6.07. The van der Waals surface area contributed by atoms with E-state index in [9.17, 15) is 0 Å². The molecule has 0 saturated heterocycles. The molecule has 12 heteroatoms. The van der Waals surface area contributed by atoms with Crippen molar-refractivity contribution in [3.8, 4) is 45.6 Å². The van der Waals surface area contributed by atoms with Crippen LogP contribution in [0, 0.1) is 27.7 Å². The fourth-order valence-electron chi connectivity index (χ4n) is 7.34. The quantitative estimate of drug-likeness (QED) is 0.189. The number of fused-ring (bicyclic) bond motifs is 20. The average molecular weight is 685 g/mol. The lowest BCUT2D eigenvalue weighted by atomic mass is 9.99. The molecule has 0 radical (unpaired) electrons. The summed E-state index contributed by atoms with van der Waals surface area (Å²) < 4.78 is 0. The third kappa shape index (κ3) is 4.83. The predicted octanol–water partition coefficient (Wildman–Crippen LogP) is 5.20. The number of benzene rings is 4. The Bertz CT molecular complexity index is 2650. The lowest BCUT2D eigenvalue weighted by Crippen LogP contribution is -2.00. The van der Waals surface area contributed by atoms with Gasteiger partial charge in [-0.1, -0.05) is 12.1 Å². The summed E-state index contributed by atoms with van der Waals surface area (Å²) in [5.41, 5.74) is 38.1. The van der Waals surface area contributed by atoms with Crippen molar-refractivity contribution in [1.29, 1.82) is 0 Å². The van der Waals surface area contributed by atoms with Gasteiger partial charge in [0.1, 0.15) is 0 Å². The largest absolute Gasteiger partial charge is 0.357 e. The standard InChI is InChI=1S/C40H36N12/c1-17-5-25-29(9-21(17)13-41)37-45-33(25)49-38-30-10-22(14-42)18(2)6-26(30)35(46-38)51-40-32-12-24(16-44)20(4)8-28(32)36(48-40)52-39-31-11-23(15-43)19(3)7-27(31)34(47-39)50-37/h5-12H,13-16,41-44H2,1-4H3/q-2. The first-order chi connectivity index (χ1) is 25.2. The average Bonchev–Trinajstić information content (AvgIpc) is 3.84. The maximum atomic E-state index is 6.19. The lowest BCUT2D eigenvalue weighted by molar-refractivity contribution is 1.05. The van der Waals surface area contributed by atoms with Crippen molar-refractivity contribution in [2.24, 2.45) is 22.9 Å². The number of nitrogens with zero attached hydrogens (tertiary/aromatic N) is 8. The van der Waals surface area contributed by atoms with Crippen LogP contribution in [0.4, 0.5) is 0 Å². The first kappa shape index (κ1) is 32.0. The first-order valence-corrected chi connectivity index (χ1v) is 17.2. The van der Waals surface area contributed by atoms with Gasteiger partial charge >= 0.3 is 0 Å². The van der Waals surface area contributed by atoms with Crippen molar-refractivity contribution in [2.75, 3.05) is 0 Å². The Kier molecular flexibility index (Phi) is 7.28. The smallest absolute Gasteiger partial charge is 0.0927 e. The van der Waals surface area contributed by atoms with Crippen LogP contribution < -0.4 is 32.9 Å². The molecule has 52 heavy (non-hydrogen) atoms. The van der Waals surface area contributed by atoms with Crippen LogP contribution in [0.1, 0.15) is 44.5 Å². The van der Waals surface area contributed by atoms with Crippen LogP contribution in [-0.2, 0) is 26.2 Å². The molecule has 0 fully saturated rings. The van der Waals surface area contributed by atoms with E-state index < -0.39 is 0 Å². The van der Waals surface area contributed by atoms with Crippen molar-refractivity contribution in [1.82, 2.24) is 39.9 Å². The van der Waals surface area contributed by atoms with Gasteiger partial charge in [0.2, 0.25) is 0 Å². The van der Waals surface area contributed by atoms with E-state index in [-0.39, 0.29) is 0 Å². The molecule has 2 aliphatic heterocycles. The van der Waals surface area contributed by atoms with Crippen LogP contribution in [0.15, 0.2) is 48.5 Å². The molecule has 0 amide bonds. The molecule has 2 aliphatic rings. The van der Waals surface area contributed by atoms with E-state index in [0.717, 1.165) is 88.3 Å². The molecule has 7 aromatic rings. The van der Waals surface area contributed by atoms with Crippen molar-refractivity contribution in [2.45, 2.75) is 53.9 Å². The zero-order valence-electron chi connectivity index (χ0n) is 29.3. The minimum Gasteiger partial charge on any atom is -0.357 e. The van der Waals surface area contributed by atoms with Crippen LogP contribution >= 0.6 is 0 Å². The zero-order chi connectivity index (χ0) is 36.0. The Morgan fingerprint density at radius 3 is 0.962 bits per heavy atom. The molecule has 0 atom stereocenters. The first-order valence-electron chi connectivity index (χ1n) is 17.2. The van der Waals surface area contributed by atoms with Gasteiger partial charge in [0.05, 0.1) is 23.3 Å². The molecule has 5 heterocycles. The molecule has 3 aromatic heterocycles. The van der Waals surface area contributed by atoms with Crippen LogP contribution in [0.3, 0.4) is 0 Å². The summed E-state index contributed by atoms with van der Waals surface area (Å²) >= 11 is 0. The molecule has 12 nitrogen and oxygen atoms in total. The third-order valence-electron chi connectivity index (χ3n) is 10.4. The molecule has 0 aliphatic carbocycles. The number of rotatable bonds is 4. The molecule has 0 unspecified atom stereocenters. The minimum absolute atomic E-state index is 0.371. The Hall–Kier alpha value is -5.92. The molecule has 4 aromatic carbocycles. The molecular weight excluding hydrogens is 649 g/mol. The fourth-order valence-corrected chi connectivity index (χ4v) is 7.34. The number of hydrogen-bond donors (Lipinski definition) is 4. The Labute approximate surface area is 298 Å². The SMILES string of the molecule is Cc1cc2c(cc1CN)-c1nc-2nc2[n-]c(nc3nc(nc4[n-]c(n1)c1cc(C)c(CN)cc41)-c1cc(C)c(CN)cc1-3)c1cc(C)c(CN)cc21. The van der Waals surface area contributed by atoms with Gasteiger partial charge in [-0.2, -0.15) is 0 Å². The van der Waals surface area contributed by atoms with Gasteiger partial charge in [-0.15, -0.1) is 0 Å². The van der Waals surface area contributed by atoms with Crippen LogP contribution in [0.25, 0.3) is 89.7 Å². The number of aryl methyl sites for hydroxylation is 4. The van der Waals surface area contributed by atoms with Crippen molar-refractivity contribution >= 4 is 44.1 Å². The van der Waals surface area contributed by atoms with E-state index in [0.29, 0.717) is 72.1 Å². The number of nitrogens with two attached hydrogens (primary N) is 4. The second kappa shape index (κ2) is 11.8. The summed E-state index contributed by atoms with van der Waals surface area (Å²) in [6.45, 7) is 9.63. The van der Waals surface area contributed by atoms with Crippen LogP contribution in [0.5, 0.6) is 0 Å². The van der Waals surface area contributed by atoms with Crippen LogP contribution in [-0.4, -0.2) is 29.9 Å². The lowest BCUT2D eigenvalue weighted by Gasteiger charge is -2.09. The number of hydrogen-bond acceptors (Lipinski definition) is 10. The molecule has 8 bridgehead atoms. The maximum absolute atomic E-state index is 6.19. The van der Waals surface area contributed by atoms with Gasteiger partial charge in [-0.25, -0.2) is 9.97 Å². The highest BCUT2D eigenvalue weighted by Gasteiger charge is 2.20. The summed E-state index contributed by atoms with van der Waals surface area (Å²) in [4.78, 5) is 40.6. The second-order valence-electron chi connectivity index (χ2n) is 13.6. The van der Waals surface area contributed by atoms with E-state index in [1.54, 1.807) is 0 Å². The highest BCUT2D eigenvalue weighted by Crippen LogP contribution is 2.39. The highest BCUT2D eigenvalue weighted by atomic mass is 15.1. The van der Waals surface area contributed by atoms with Gasteiger partial charge in [0, 0.05) is 71.0 Å². The zero-order valence-corrected chi connectivity index (χ0v) is 29.3. The molecule has 0 spiro atoms. The second-order valence-corrected chi connectivity index (χ2v) is 13.6. The topological polar surface area (TPSA) is 210 Å². The third-order valence-corrected chi connectivity index (χ3v) is 10.4. The summed E-state index contributed by atoms with van der Waals surface area (Å²) in [5, 5.41) is 3.30. The van der Waals surface area contributed by atoms with Gasteiger partial charge < -0.3 is 52.8 Å². The van der Waals surface area contributed by atoms with Gasteiger partial charge in [0.15, 0.2) is 0 Å². The Morgan fingerprint density at radius 2 is 0.635 bits per heavy atom. The summed E-state index contributed by atoms with van der Waals surface area (Å²) in [6, 6.07) is 16.4. The summed E-state index contributed by atoms with van der Waals surface area (Å²) in [6.07, 6.45) is 0. The normalized spacial score (nSPS) is 12.2. The van der Waals surface area contributed by atoms with Crippen LogP contribution in [0.2, 0.25) is 0 Å². The maximum Gasteiger partial charge on any atom is 0.0927 e. The number of aromatic nitrogens is 8. The van der Waals surface area contributed by atoms with E-state index in [1.165, 1.54) is 0 Å². The molecule has 8 N–H and O–H groups in total. The molecule has 0 saturated carbocycles. The fraction of sp³-hybridized carbons (Fsp3) is 0.200. The van der Waals surface area contributed by atoms with Crippen molar-refractivity contribution in [3.05, 3.63) is 93.0 Å². The summed E-state index contributed by atoms with van der Waals surface area (Å²) in [7, 11) is 0.